The predicted molar refractivity (Wildman–Crippen MR) is 27.1 cm³/mol. The molecule has 2 aliphatic carbocycles. The summed E-state index contributed by atoms with van der Waals surface area (Å²) in [5.41, 5.74) is 0. The molecule has 0 N–H and O–H groups in total. The van der Waals surface area contributed by atoms with Crippen molar-refractivity contribution in [2.45, 2.75) is 25.7 Å². The largest absolute Gasteiger partial charge is 2.00 e. The number of hydrogen-bond acceptors (Lipinski definition) is 0. The van der Waals surface area contributed by atoms with E-state index in [2.05, 4.69) is 12.8 Å². The topological polar surface area (TPSA) is 0 Å². The summed E-state index contributed by atoms with van der Waals surface area (Å²) in [6.07, 6.45) is 10.0. The van der Waals surface area contributed by atoms with Gasteiger partial charge in [0.05, 0.1) is 0 Å². The van der Waals surface area contributed by atoms with Crippen LogP contribution >= 0.6 is 0 Å². The third-order valence-corrected chi connectivity index (χ3v) is 0.577. The first-order chi connectivity index (χ1) is 3.00. The zero-order valence-corrected chi connectivity index (χ0v) is 7.66. The fraction of sp³-hybridized carbons (Fsp3) is 0.667. The van der Waals surface area contributed by atoms with E-state index in [1.807, 2.05) is 0 Å². The van der Waals surface area contributed by atoms with E-state index in [4.69, 9.17) is 0 Å². The summed E-state index contributed by atoms with van der Waals surface area (Å²) < 4.78 is 0. The quantitative estimate of drug-likeness (QED) is 0.363. The van der Waals surface area contributed by atoms with Crippen LogP contribution in [0, 0.1) is 12.8 Å². The second-order valence-electron chi connectivity index (χ2n) is 1.73. The van der Waals surface area contributed by atoms with Gasteiger partial charge in [-0.2, -0.15) is 0 Å². The minimum absolute atomic E-state index is 0. The third kappa shape index (κ3) is 20.6. The van der Waals surface area contributed by atoms with Gasteiger partial charge in [-0.1, -0.05) is 0 Å². The Morgan fingerprint density at radius 2 is 0.857 bits per heavy atom. The second kappa shape index (κ2) is 4.77. The Bertz CT molecular complexity index is 19.7. The Labute approximate surface area is 58.4 Å². The molecule has 0 spiro atoms. The summed E-state index contributed by atoms with van der Waals surface area (Å²) in [5.74, 6) is 0. The molecule has 7 heavy (non-hydrogen) atoms. The summed E-state index contributed by atoms with van der Waals surface area (Å²) in [6.45, 7) is 0. The average molecular weight is 148 g/mol. The van der Waals surface area contributed by atoms with Gasteiger partial charge in [-0.3, -0.25) is 0 Å². The zero-order chi connectivity index (χ0) is 4.24. The van der Waals surface area contributed by atoms with Crippen molar-refractivity contribution in [3.05, 3.63) is 12.8 Å². The van der Waals surface area contributed by atoms with Crippen LogP contribution < -0.4 is 0 Å². The standard InChI is InChI=1S/2C3H5.Zn/c2*1-2-3-1;/h2*1H,2-3H2;/q2*-1;+2. The van der Waals surface area contributed by atoms with Gasteiger partial charge in [0.2, 0.25) is 0 Å². The van der Waals surface area contributed by atoms with Crippen LogP contribution in [0.25, 0.3) is 0 Å². The van der Waals surface area contributed by atoms with E-state index >= 15 is 0 Å². The van der Waals surface area contributed by atoms with Gasteiger partial charge >= 0.3 is 19.5 Å². The van der Waals surface area contributed by atoms with Crippen LogP contribution in [0.1, 0.15) is 25.7 Å². The normalized spacial score (nSPS) is 20.6. The van der Waals surface area contributed by atoms with Gasteiger partial charge in [0.15, 0.2) is 0 Å². The molecule has 2 saturated carbocycles. The summed E-state index contributed by atoms with van der Waals surface area (Å²) >= 11 is 0. The van der Waals surface area contributed by atoms with Crippen molar-refractivity contribution in [2.24, 2.45) is 0 Å². The molecule has 0 heterocycles. The Hall–Kier alpha value is 0.623. The Balaban J connectivity index is 0.0000000900. The van der Waals surface area contributed by atoms with E-state index < -0.39 is 0 Å². The molecule has 0 saturated heterocycles. The SMILES string of the molecule is [CH-]1CC1.[CH-]1CC1.[Zn+2]. The molecule has 0 aromatic heterocycles. The maximum Gasteiger partial charge on any atom is 2.00 e. The molecule has 0 amide bonds. The number of rotatable bonds is 0. The molecular weight excluding hydrogens is 137 g/mol. The van der Waals surface area contributed by atoms with Gasteiger partial charge in [-0.15, -0.1) is 0 Å². The third-order valence-electron chi connectivity index (χ3n) is 0.577. The van der Waals surface area contributed by atoms with Gasteiger partial charge in [0.1, 0.15) is 0 Å². The van der Waals surface area contributed by atoms with Gasteiger partial charge in [-0.05, 0) is 0 Å². The first kappa shape index (κ1) is 7.62. The van der Waals surface area contributed by atoms with Crippen LogP contribution in [0.15, 0.2) is 0 Å². The molecule has 0 aromatic carbocycles. The van der Waals surface area contributed by atoms with Crippen LogP contribution in [-0.4, -0.2) is 0 Å². The zero-order valence-electron chi connectivity index (χ0n) is 4.69. The van der Waals surface area contributed by atoms with Crippen molar-refractivity contribution in [1.82, 2.24) is 0 Å². The van der Waals surface area contributed by atoms with Crippen LogP contribution in [0.2, 0.25) is 0 Å². The molecule has 36 valence electrons. The smallest absolute Gasteiger partial charge is 0.333 e. The second-order valence-corrected chi connectivity index (χ2v) is 1.73. The van der Waals surface area contributed by atoms with Gasteiger partial charge in [0, 0.05) is 0 Å². The van der Waals surface area contributed by atoms with E-state index in [-0.39, 0.29) is 19.5 Å². The van der Waals surface area contributed by atoms with Crippen molar-refractivity contribution in [1.29, 1.82) is 0 Å². The fourth-order valence-corrected chi connectivity index (χ4v) is 0. The molecule has 0 aromatic rings. The van der Waals surface area contributed by atoms with Gasteiger partial charge in [0.25, 0.3) is 0 Å². The first-order valence-corrected chi connectivity index (χ1v) is 2.63. The molecule has 0 nitrogen and oxygen atoms in total. The molecule has 0 radical (unpaired) electrons. The van der Waals surface area contributed by atoms with Crippen LogP contribution in [0.5, 0.6) is 0 Å². The van der Waals surface area contributed by atoms with Crippen molar-refractivity contribution in [2.75, 3.05) is 0 Å². The van der Waals surface area contributed by atoms with Crippen molar-refractivity contribution >= 4 is 0 Å². The predicted octanol–water partition coefficient (Wildman–Crippen LogP) is 1.97. The minimum Gasteiger partial charge on any atom is -0.333 e. The monoisotopic (exact) mass is 146 g/mol. The maximum atomic E-state index is 2.25. The molecule has 2 fully saturated rings. The summed E-state index contributed by atoms with van der Waals surface area (Å²) in [5, 5.41) is 0. The maximum absolute atomic E-state index is 2.25. The average Bonchev–Trinajstić information content (AvgIpc) is 2.31. The fourth-order valence-electron chi connectivity index (χ4n) is 0. The van der Waals surface area contributed by atoms with E-state index in [1.54, 1.807) is 0 Å². The molecule has 0 bridgehead atoms. The van der Waals surface area contributed by atoms with Crippen molar-refractivity contribution in [3.8, 4) is 0 Å². The first-order valence-electron chi connectivity index (χ1n) is 2.63. The molecule has 0 aliphatic heterocycles. The Morgan fingerprint density at radius 3 is 0.857 bits per heavy atom. The van der Waals surface area contributed by atoms with Gasteiger partial charge in [-0.25, -0.2) is 25.7 Å². The van der Waals surface area contributed by atoms with Gasteiger partial charge < -0.3 is 12.8 Å². The van der Waals surface area contributed by atoms with Crippen molar-refractivity contribution < 1.29 is 19.5 Å². The Morgan fingerprint density at radius 1 is 0.714 bits per heavy atom. The van der Waals surface area contributed by atoms with Crippen LogP contribution in [0.3, 0.4) is 0 Å². The van der Waals surface area contributed by atoms with Crippen LogP contribution in [0.4, 0.5) is 0 Å². The minimum atomic E-state index is 0. The summed E-state index contributed by atoms with van der Waals surface area (Å²) in [6, 6.07) is 0. The molecule has 2 rings (SSSR count). The van der Waals surface area contributed by atoms with E-state index in [0.717, 1.165) is 0 Å². The molecule has 0 atom stereocenters. The van der Waals surface area contributed by atoms with Crippen molar-refractivity contribution in [3.63, 3.8) is 0 Å². The number of hydrogen-bond donors (Lipinski definition) is 0. The summed E-state index contributed by atoms with van der Waals surface area (Å²) in [4.78, 5) is 0. The molecular formula is C6H10Zn. The van der Waals surface area contributed by atoms with E-state index in [9.17, 15) is 0 Å². The molecule has 0 unspecified atom stereocenters. The Kier molecular flexibility index (Phi) is 5.20. The van der Waals surface area contributed by atoms with Crippen LogP contribution in [-0.2, 0) is 19.5 Å². The summed E-state index contributed by atoms with van der Waals surface area (Å²) in [7, 11) is 0. The molecule has 1 heteroatoms. The van der Waals surface area contributed by atoms with E-state index in [0.29, 0.717) is 0 Å². The molecule has 2 aliphatic rings. The van der Waals surface area contributed by atoms with E-state index in [1.165, 1.54) is 25.7 Å².